The number of hydrogen-bond acceptors (Lipinski definition) is 10. The molecule has 1 saturated heterocycles. The first-order chi connectivity index (χ1) is 25.0. The van der Waals surface area contributed by atoms with Crippen molar-refractivity contribution >= 4 is 42.8 Å². The van der Waals surface area contributed by atoms with Crippen molar-refractivity contribution in [3.05, 3.63) is 65.9 Å². The summed E-state index contributed by atoms with van der Waals surface area (Å²) < 4.78 is 28.4. The smallest absolute Gasteiger partial charge is 0.363 e. The Labute approximate surface area is 302 Å². The Balaban J connectivity index is 1.39. The number of nitrogens with one attached hydrogen (secondary N) is 2. The first-order valence-electron chi connectivity index (χ1n) is 17.4. The molecule has 1 aromatic heterocycles. The highest BCUT2D eigenvalue weighted by Crippen LogP contribution is 2.37. The molecule has 15 nitrogen and oxygen atoms in total. The number of carbonyl (C=O) groups excluding carboxylic acids is 4. The van der Waals surface area contributed by atoms with Crippen LogP contribution >= 0.6 is 7.60 Å². The molecule has 0 unspecified atom stereocenters. The standard InChI is InChI=1S/C36H47N4O11P/c1-4-7-8-9-30(31(5-2)40(24-41)51-36(44)25-10-12-27(13-11-25)39-16-18-48-19-17-39)34(42)37-23-38-35(43)33-15-14-32(50-33)26-20-28(49-6-3)22-29(21-26)52(45,46)47/h10-15,20-22,24,30-31H,4-9,16-19,23H2,1-3H3,(H,37,42)(H,38,43)(H2,45,46,47)/t30-,31-/m1/s1. The summed E-state index contributed by atoms with van der Waals surface area (Å²) in [5.74, 6) is -2.30. The zero-order valence-corrected chi connectivity index (χ0v) is 30.5. The maximum atomic E-state index is 13.5. The van der Waals surface area contributed by atoms with Crippen LogP contribution in [0.3, 0.4) is 0 Å². The fourth-order valence-electron chi connectivity index (χ4n) is 5.89. The molecule has 0 saturated carbocycles. The molecule has 1 aliphatic heterocycles. The molecule has 282 valence electrons. The molecule has 4 N–H and O–H groups in total. The molecule has 16 heteroatoms. The quantitative estimate of drug-likeness (QED) is 0.0454. The van der Waals surface area contributed by atoms with Crippen molar-refractivity contribution in [1.29, 1.82) is 0 Å². The molecular formula is C36H47N4O11P. The number of amides is 3. The van der Waals surface area contributed by atoms with Gasteiger partial charge < -0.3 is 44.0 Å². The van der Waals surface area contributed by atoms with Gasteiger partial charge in [-0.15, -0.1) is 0 Å². The number of hydroxylamine groups is 2. The van der Waals surface area contributed by atoms with E-state index in [0.29, 0.717) is 44.4 Å². The van der Waals surface area contributed by atoms with Crippen LogP contribution in [0.4, 0.5) is 5.69 Å². The molecule has 2 aromatic carbocycles. The van der Waals surface area contributed by atoms with E-state index in [-0.39, 0.29) is 41.4 Å². The summed E-state index contributed by atoms with van der Waals surface area (Å²) in [5.41, 5.74) is 1.48. The van der Waals surface area contributed by atoms with Gasteiger partial charge >= 0.3 is 13.6 Å². The number of benzene rings is 2. The fourth-order valence-corrected chi connectivity index (χ4v) is 6.49. The number of ether oxygens (including phenoxy) is 2. The SMILES string of the molecule is CCCCC[C@@H](C(=O)NCNC(=O)c1ccc(-c2cc(OCC)cc(P(=O)(O)O)c2)o1)[C@@H](CC)N(C=O)OC(=O)c1ccc(N2CCOCC2)cc1. The first kappa shape index (κ1) is 40.1. The van der Waals surface area contributed by atoms with E-state index < -0.39 is 37.3 Å². The van der Waals surface area contributed by atoms with Crippen LogP contribution in [0.25, 0.3) is 11.3 Å². The molecule has 2 atom stereocenters. The van der Waals surface area contributed by atoms with E-state index >= 15 is 0 Å². The fraction of sp³-hybridized carbons (Fsp3) is 0.444. The van der Waals surface area contributed by atoms with Gasteiger partial charge in [0.2, 0.25) is 12.3 Å². The molecule has 3 amide bonds. The van der Waals surface area contributed by atoms with Crippen molar-refractivity contribution in [3.63, 3.8) is 0 Å². The number of unbranched alkanes of at least 4 members (excludes halogenated alkanes) is 2. The lowest BCUT2D eigenvalue weighted by atomic mass is 9.90. The van der Waals surface area contributed by atoms with E-state index in [4.69, 9.17) is 18.7 Å². The molecule has 0 spiro atoms. The number of hydrogen-bond donors (Lipinski definition) is 4. The lowest BCUT2D eigenvalue weighted by molar-refractivity contribution is -0.171. The lowest BCUT2D eigenvalue weighted by Crippen LogP contribution is -2.49. The Kier molecular flexibility index (Phi) is 14.8. The third-order valence-corrected chi connectivity index (χ3v) is 9.53. The summed E-state index contributed by atoms with van der Waals surface area (Å²) in [4.78, 5) is 78.9. The average molecular weight is 743 g/mol. The maximum Gasteiger partial charge on any atom is 0.363 e. The number of rotatable bonds is 19. The molecule has 0 radical (unpaired) electrons. The van der Waals surface area contributed by atoms with Gasteiger partial charge in [-0.1, -0.05) is 33.1 Å². The maximum absolute atomic E-state index is 13.5. The van der Waals surface area contributed by atoms with Gasteiger partial charge in [-0.25, -0.2) is 4.79 Å². The molecule has 2 heterocycles. The third kappa shape index (κ3) is 10.9. The van der Waals surface area contributed by atoms with Crippen LogP contribution in [0.5, 0.6) is 5.75 Å². The van der Waals surface area contributed by atoms with Gasteiger partial charge in [0.1, 0.15) is 11.5 Å². The number of nitrogens with zero attached hydrogens (tertiary/aromatic N) is 2. The summed E-state index contributed by atoms with van der Waals surface area (Å²) in [7, 11) is -4.61. The molecule has 1 fully saturated rings. The number of furan rings is 1. The van der Waals surface area contributed by atoms with Crippen molar-refractivity contribution in [2.45, 2.75) is 58.9 Å². The van der Waals surface area contributed by atoms with Crippen LogP contribution in [-0.2, 0) is 23.7 Å². The topological polar surface area (TPSA) is 197 Å². The third-order valence-electron chi connectivity index (χ3n) is 8.60. The van der Waals surface area contributed by atoms with Crippen molar-refractivity contribution in [3.8, 4) is 17.1 Å². The minimum absolute atomic E-state index is 0.105. The molecule has 0 bridgehead atoms. The van der Waals surface area contributed by atoms with Gasteiger partial charge in [0, 0.05) is 24.3 Å². The highest BCUT2D eigenvalue weighted by atomic mass is 31.2. The number of carbonyl (C=O) groups is 4. The highest BCUT2D eigenvalue weighted by Gasteiger charge is 2.34. The summed E-state index contributed by atoms with van der Waals surface area (Å²) in [6.07, 6.45) is 3.54. The van der Waals surface area contributed by atoms with Gasteiger partial charge in [-0.3, -0.25) is 18.9 Å². The van der Waals surface area contributed by atoms with Crippen LogP contribution in [0, 0.1) is 5.92 Å². The Bertz CT molecular complexity index is 1700. The lowest BCUT2D eigenvalue weighted by Gasteiger charge is -2.32. The van der Waals surface area contributed by atoms with Crippen molar-refractivity contribution in [1.82, 2.24) is 15.7 Å². The molecular weight excluding hydrogens is 695 g/mol. The van der Waals surface area contributed by atoms with Gasteiger partial charge in [-0.2, -0.15) is 5.06 Å². The van der Waals surface area contributed by atoms with Crippen LogP contribution in [0.1, 0.15) is 73.8 Å². The van der Waals surface area contributed by atoms with Crippen molar-refractivity contribution in [2.75, 3.05) is 44.5 Å². The monoisotopic (exact) mass is 742 g/mol. The predicted octanol–water partition coefficient (Wildman–Crippen LogP) is 3.99. The van der Waals surface area contributed by atoms with Crippen LogP contribution in [0.15, 0.2) is 59.0 Å². The summed E-state index contributed by atoms with van der Waals surface area (Å²) >= 11 is 0. The Morgan fingerprint density at radius 1 is 1.00 bits per heavy atom. The molecule has 1 aliphatic rings. The highest BCUT2D eigenvalue weighted by molar-refractivity contribution is 7.60. The van der Waals surface area contributed by atoms with E-state index in [0.717, 1.165) is 36.7 Å². The van der Waals surface area contributed by atoms with Gasteiger partial charge in [0.25, 0.3) is 5.91 Å². The summed E-state index contributed by atoms with van der Waals surface area (Å²) in [5, 5.41) is 5.90. The Morgan fingerprint density at radius 2 is 1.73 bits per heavy atom. The van der Waals surface area contributed by atoms with E-state index in [1.54, 1.807) is 26.0 Å². The Morgan fingerprint density at radius 3 is 2.37 bits per heavy atom. The number of morpholine rings is 1. The zero-order chi connectivity index (χ0) is 37.7. The van der Waals surface area contributed by atoms with Gasteiger partial charge in [0.05, 0.1) is 49.3 Å². The molecule has 0 aliphatic carbocycles. The second-order valence-electron chi connectivity index (χ2n) is 12.1. The first-order valence-corrected chi connectivity index (χ1v) is 19.0. The predicted molar refractivity (Wildman–Crippen MR) is 192 cm³/mol. The minimum atomic E-state index is -4.61. The van der Waals surface area contributed by atoms with Gasteiger partial charge in [-0.05, 0) is 74.4 Å². The molecule has 52 heavy (non-hydrogen) atoms. The molecule has 4 rings (SSSR count). The Hall–Kier alpha value is -4.69. The summed E-state index contributed by atoms with van der Waals surface area (Å²) in [6, 6.07) is 13.0. The van der Waals surface area contributed by atoms with Gasteiger partial charge in [0.15, 0.2) is 5.76 Å². The van der Waals surface area contributed by atoms with E-state index in [1.165, 1.54) is 30.3 Å². The number of anilines is 1. The van der Waals surface area contributed by atoms with Crippen LogP contribution in [-0.4, -0.2) is 84.7 Å². The van der Waals surface area contributed by atoms with E-state index in [9.17, 15) is 33.5 Å². The minimum Gasteiger partial charge on any atom is -0.494 e. The van der Waals surface area contributed by atoms with Crippen molar-refractivity contribution in [2.24, 2.45) is 5.92 Å². The normalized spacial score (nSPS) is 14.2. The van der Waals surface area contributed by atoms with Crippen LogP contribution in [0.2, 0.25) is 0 Å². The van der Waals surface area contributed by atoms with E-state index in [1.807, 2.05) is 19.1 Å². The largest absolute Gasteiger partial charge is 0.494 e. The second kappa shape index (κ2) is 19.2. The second-order valence-corrected chi connectivity index (χ2v) is 13.8. The van der Waals surface area contributed by atoms with E-state index in [2.05, 4.69) is 15.5 Å². The summed E-state index contributed by atoms with van der Waals surface area (Å²) in [6.45, 7) is 8.27. The van der Waals surface area contributed by atoms with Crippen molar-refractivity contribution < 1.29 is 52.3 Å². The zero-order valence-electron chi connectivity index (χ0n) is 29.6. The molecule has 3 aromatic rings. The van der Waals surface area contributed by atoms with Crippen LogP contribution < -0.4 is 25.6 Å². The average Bonchev–Trinajstić information content (AvgIpc) is 3.65.